The van der Waals surface area contributed by atoms with Crippen LogP contribution in [0.25, 0.3) is 5.69 Å². The van der Waals surface area contributed by atoms with Crippen LogP contribution in [0.4, 0.5) is 13.2 Å². The molecule has 1 radical (unpaired) electrons. The number of rotatable bonds is 2. The van der Waals surface area contributed by atoms with E-state index in [4.69, 9.17) is 11.6 Å². The van der Waals surface area contributed by atoms with Gasteiger partial charge in [0.2, 0.25) is 0 Å². The van der Waals surface area contributed by atoms with Gasteiger partial charge in [-0.2, -0.15) is 0 Å². The number of nitrogens with zero attached hydrogens (tertiary/aromatic N) is 2. The number of hydrogen-bond donors (Lipinski definition) is 0. The molecular weight excluding hydrogens is 356 g/mol. The Kier molecular flexibility index (Phi) is 4.25. The minimum absolute atomic E-state index is 0.0138. The standard InChI is InChI=1S/C12H8AsClF3N2O/c1-13-9-6-18-19(11(20)10(9)14)8-4-2-3-7(5-8)12(15,16)17/h2-6H,1H3. The fourth-order valence-electron chi connectivity index (χ4n) is 1.58. The van der Waals surface area contributed by atoms with E-state index in [0.29, 0.717) is 4.35 Å². The fourth-order valence-corrected chi connectivity index (χ4v) is 3.11. The molecule has 0 N–H and O–H groups in total. The maximum absolute atomic E-state index is 12.7. The van der Waals surface area contributed by atoms with Gasteiger partial charge in [0.05, 0.1) is 0 Å². The van der Waals surface area contributed by atoms with Gasteiger partial charge in [-0.05, 0) is 0 Å². The van der Waals surface area contributed by atoms with E-state index in [1.165, 1.54) is 18.3 Å². The van der Waals surface area contributed by atoms with Gasteiger partial charge >= 0.3 is 124 Å². The first kappa shape index (κ1) is 15.1. The summed E-state index contributed by atoms with van der Waals surface area (Å²) in [4.78, 5) is 12.0. The van der Waals surface area contributed by atoms with E-state index >= 15 is 0 Å². The number of hydrogen-bond acceptors (Lipinski definition) is 2. The molecule has 0 amide bonds. The van der Waals surface area contributed by atoms with Gasteiger partial charge in [-0.3, -0.25) is 0 Å². The summed E-state index contributed by atoms with van der Waals surface area (Å²) >= 11 is 5.62. The van der Waals surface area contributed by atoms with E-state index < -0.39 is 17.3 Å². The summed E-state index contributed by atoms with van der Waals surface area (Å²) in [6, 6.07) is 4.39. The molecule has 0 saturated heterocycles. The third-order valence-electron chi connectivity index (χ3n) is 2.56. The molecule has 3 nitrogen and oxygen atoms in total. The third-order valence-corrected chi connectivity index (χ3v) is 4.93. The van der Waals surface area contributed by atoms with Crippen LogP contribution < -0.4 is 9.91 Å². The van der Waals surface area contributed by atoms with Crippen molar-refractivity contribution in [3.63, 3.8) is 0 Å². The molecule has 0 unspecified atom stereocenters. The van der Waals surface area contributed by atoms with E-state index in [1.807, 2.05) is 5.71 Å². The maximum atomic E-state index is 12.7. The van der Waals surface area contributed by atoms with Gasteiger partial charge < -0.3 is 0 Å². The van der Waals surface area contributed by atoms with Gasteiger partial charge in [-0.25, -0.2) is 0 Å². The Hall–Kier alpha value is -1.26. The van der Waals surface area contributed by atoms with E-state index in [0.717, 1.165) is 16.8 Å². The Morgan fingerprint density at radius 1 is 1.35 bits per heavy atom. The van der Waals surface area contributed by atoms with E-state index in [2.05, 4.69) is 5.10 Å². The van der Waals surface area contributed by atoms with Crippen molar-refractivity contribution in [3.05, 3.63) is 51.4 Å². The number of alkyl halides is 3. The molecule has 0 aliphatic rings. The zero-order valence-corrected chi connectivity index (χ0v) is 12.8. The Balaban J connectivity index is 2.58. The first-order valence-corrected chi connectivity index (χ1v) is 8.59. The Morgan fingerprint density at radius 3 is 2.65 bits per heavy atom. The average molecular weight is 364 g/mol. The zero-order valence-electron chi connectivity index (χ0n) is 10.1. The molecule has 1 heterocycles. The molecule has 2 rings (SSSR count). The van der Waals surface area contributed by atoms with Crippen molar-refractivity contribution in [3.8, 4) is 5.69 Å². The van der Waals surface area contributed by atoms with Crippen molar-refractivity contribution in [2.45, 2.75) is 11.9 Å². The van der Waals surface area contributed by atoms with E-state index in [1.54, 1.807) is 0 Å². The molecule has 8 heteroatoms. The molecule has 0 saturated carbocycles. The summed E-state index contributed by atoms with van der Waals surface area (Å²) in [6.45, 7) is 0. The van der Waals surface area contributed by atoms with Gasteiger partial charge in [0.1, 0.15) is 0 Å². The Bertz CT molecular complexity index is 700. The van der Waals surface area contributed by atoms with Crippen molar-refractivity contribution in [2.24, 2.45) is 0 Å². The van der Waals surface area contributed by atoms with E-state index in [9.17, 15) is 18.0 Å². The molecule has 1 aromatic heterocycles. The first-order valence-electron chi connectivity index (χ1n) is 5.40. The van der Waals surface area contributed by atoms with Crippen LogP contribution in [-0.4, -0.2) is 25.5 Å². The minimum atomic E-state index is -4.47. The van der Waals surface area contributed by atoms with Crippen molar-refractivity contribution in [2.75, 3.05) is 0 Å². The molecule has 0 spiro atoms. The monoisotopic (exact) mass is 363 g/mol. The molecular formula is C12H8AsClF3N2O. The van der Waals surface area contributed by atoms with Gasteiger partial charge in [-0.1, -0.05) is 0 Å². The average Bonchev–Trinajstić information content (AvgIpc) is 2.41. The van der Waals surface area contributed by atoms with Crippen molar-refractivity contribution >= 4 is 31.7 Å². The van der Waals surface area contributed by atoms with E-state index in [-0.39, 0.29) is 26.5 Å². The first-order chi connectivity index (χ1) is 9.34. The molecule has 105 valence electrons. The van der Waals surface area contributed by atoms with Crippen molar-refractivity contribution < 1.29 is 13.2 Å². The predicted molar refractivity (Wildman–Crippen MR) is 71.1 cm³/mol. The van der Waals surface area contributed by atoms with Crippen LogP contribution in [0.2, 0.25) is 10.7 Å². The number of halogens is 4. The number of aromatic nitrogens is 2. The molecule has 0 atom stereocenters. The topological polar surface area (TPSA) is 34.9 Å². The summed E-state index contributed by atoms with van der Waals surface area (Å²) < 4.78 is 39.5. The Labute approximate surface area is 124 Å². The van der Waals surface area contributed by atoms with Gasteiger partial charge in [0.15, 0.2) is 0 Å². The molecule has 0 fully saturated rings. The van der Waals surface area contributed by atoms with Crippen LogP contribution in [0, 0.1) is 0 Å². The fraction of sp³-hybridized carbons (Fsp3) is 0.167. The van der Waals surface area contributed by atoms with Gasteiger partial charge in [0.25, 0.3) is 0 Å². The third kappa shape index (κ3) is 2.91. The summed E-state index contributed by atoms with van der Waals surface area (Å²) in [6.07, 6.45) is -3.05. The molecule has 0 aliphatic heterocycles. The van der Waals surface area contributed by atoms with Crippen molar-refractivity contribution in [1.82, 2.24) is 9.78 Å². The van der Waals surface area contributed by atoms with Crippen LogP contribution >= 0.6 is 11.6 Å². The second kappa shape index (κ2) is 5.62. The summed E-state index contributed by atoms with van der Waals surface area (Å²) in [7, 11) is 0. The van der Waals surface area contributed by atoms with Gasteiger partial charge in [0, 0.05) is 0 Å². The normalized spacial score (nSPS) is 12.2. The van der Waals surface area contributed by atoms with Crippen molar-refractivity contribution in [1.29, 1.82) is 0 Å². The predicted octanol–water partition coefficient (Wildman–Crippen LogP) is 2.28. The molecule has 1 aromatic carbocycles. The molecule has 20 heavy (non-hydrogen) atoms. The van der Waals surface area contributed by atoms with Crippen LogP contribution in [0.1, 0.15) is 5.56 Å². The second-order valence-corrected chi connectivity index (χ2v) is 6.16. The molecule has 0 bridgehead atoms. The van der Waals surface area contributed by atoms with Crippen LogP contribution in [0.5, 0.6) is 0 Å². The quantitative estimate of drug-likeness (QED) is 0.767. The number of benzene rings is 1. The summed E-state index contributed by atoms with van der Waals surface area (Å²) in [5.74, 6) is 0. The molecule has 0 aliphatic carbocycles. The summed E-state index contributed by atoms with van der Waals surface area (Å²) in [5.41, 5.74) is 0.477. The second-order valence-electron chi connectivity index (χ2n) is 3.83. The van der Waals surface area contributed by atoms with Crippen LogP contribution in [0.15, 0.2) is 35.3 Å². The van der Waals surface area contributed by atoms with Gasteiger partial charge in [-0.15, -0.1) is 0 Å². The summed E-state index contributed by atoms with van der Waals surface area (Å²) in [5, 5.41) is 3.89. The SMILES string of the molecule is C[As]c1cnn(-c2cccc(C(F)(F)F)c2)c(=O)c1Cl. The van der Waals surface area contributed by atoms with Crippen LogP contribution in [-0.2, 0) is 6.18 Å². The van der Waals surface area contributed by atoms with Crippen LogP contribution in [0.3, 0.4) is 0 Å². The molecule has 2 aromatic rings. The Morgan fingerprint density at radius 2 is 2.05 bits per heavy atom. The zero-order chi connectivity index (χ0) is 14.9.